The maximum atomic E-state index is 5.92. The number of ether oxygens (including phenoxy) is 3. The maximum absolute atomic E-state index is 5.92. The minimum atomic E-state index is 0.0152. The molecule has 0 bridgehead atoms. The van der Waals surface area contributed by atoms with E-state index in [0.717, 1.165) is 44.2 Å². The third-order valence-corrected chi connectivity index (χ3v) is 3.62. The van der Waals surface area contributed by atoms with Crippen LogP contribution in [-0.2, 0) is 9.47 Å². The molecule has 0 fully saturated rings. The number of rotatable bonds is 13. The fraction of sp³-hybridized carbons (Fsp3) is 0.650. The number of unbranched alkanes of at least 4 members (excludes halogenated alkanes) is 1. The van der Waals surface area contributed by atoms with E-state index in [1.807, 2.05) is 25.1 Å². The minimum Gasteiger partial charge on any atom is -0.489 e. The van der Waals surface area contributed by atoms with Crippen LogP contribution in [0.3, 0.4) is 0 Å². The topological polar surface area (TPSA) is 64.1 Å². The van der Waals surface area contributed by atoms with Gasteiger partial charge in [-0.05, 0) is 51.3 Å². The van der Waals surface area contributed by atoms with Crippen LogP contribution in [0, 0.1) is 6.92 Å². The molecule has 148 valence electrons. The van der Waals surface area contributed by atoms with Crippen LogP contribution in [-0.4, -0.2) is 58.6 Å². The molecule has 0 aromatic heterocycles. The van der Waals surface area contributed by atoms with E-state index in [2.05, 4.69) is 35.5 Å². The third-order valence-electron chi connectivity index (χ3n) is 3.62. The van der Waals surface area contributed by atoms with Crippen LogP contribution in [0.5, 0.6) is 5.75 Å². The number of nitrogens with zero attached hydrogens (tertiary/aromatic N) is 1. The fourth-order valence-corrected chi connectivity index (χ4v) is 2.30. The Bertz CT molecular complexity index is 509. The van der Waals surface area contributed by atoms with Crippen molar-refractivity contribution in [2.45, 2.75) is 39.7 Å². The van der Waals surface area contributed by atoms with Gasteiger partial charge in [0.15, 0.2) is 5.96 Å². The molecule has 1 aromatic rings. The quantitative estimate of drug-likeness (QED) is 0.320. The van der Waals surface area contributed by atoms with Crippen molar-refractivity contribution in [2.75, 3.05) is 46.6 Å². The summed E-state index contributed by atoms with van der Waals surface area (Å²) in [7, 11) is 1.68. The summed E-state index contributed by atoms with van der Waals surface area (Å²) in [6.45, 7) is 10.5. The van der Waals surface area contributed by atoms with E-state index in [1.165, 1.54) is 5.56 Å². The maximum Gasteiger partial charge on any atom is 0.191 e. The van der Waals surface area contributed by atoms with E-state index >= 15 is 0 Å². The van der Waals surface area contributed by atoms with Gasteiger partial charge in [-0.15, -0.1) is 0 Å². The Morgan fingerprint density at radius 2 is 2.00 bits per heavy atom. The molecule has 1 unspecified atom stereocenters. The molecule has 0 amide bonds. The number of methoxy groups -OCH3 is 1. The monoisotopic (exact) mass is 365 g/mol. The van der Waals surface area contributed by atoms with Crippen molar-refractivity contribution in [3.63, 3.8) is 0 Å². The standard InChI is InChI=1S/C20H35N3O3/c1-5-21-20(22-11-6-7-12-25-14-13-24-4)23-16-18(3)26-19-10-8-9-17(2)15-19/h8-10,15,18H,5-7,11-14,16H2,1-4H3,(H2,21,22,23). The van der Waals surface area contributed by atoms with E-state index in [0.29, 0.717) is 19.8 Å². The molecule has 2 N–H and O–H groups in total. The number of hydrogen-bond acceptors (Lipinski definition) is 4. The van der Waals surface area contributed by atoms with Crippen LogP contribution in [0.25, 0.3) is 0 Å². The first kappa shape index (κ1) is 22.3. The van der Waals surface area contributed by atoms with Gasteiger partial charge in [-0.1, -0.05) is 12.1 Å². The second-order valence-electron chi connectivity index (χ2n) is 6.20. The molecule has 0 radical (unpaired) electrons. The average Bonchev–Trinajstić information content (AvgIpc) is 2.62. The zero-order chi connectivity index (χ0) is 19.0. The summed E-state index contributed by atoms with van der Waals surface area (Å²) < 4.78 is 16.3. The highest BCUT2D eigenvalue weighted by atomic mass is 16.5. The van der Waals surface area contributed by atoms with Gasteiger partial charge in [0.05, 0.1) is 19.8 Å². The van der Waals surface area contributed by atoms with Gasteiger partial charge in [0.25, 0.3) is 0 Å². The van der Waals surface area contributed by atoms with E-state index < -0.39 is 0 Å². The lowest BCUT2D eigenvalue weighted by molar-refractivity contribution is 0.0689. The van der Waals surface area contributed by atoms with Crippen LogP contribution in [0.4, 0.5) is 0 Å². The first-order valence-corrected chi connectivity index (χ1v) is 9.48. The lowest BCUT2D eigenvalue weighted by Gasteiger charge is -2.15. The van der Waals surface area contributed by atoms with Gasteiger partial charge < -0.3 is 24.8 Å². The van der Waals surface area contributed by atoms with Gasteiger partial charge in [0.1, 0.15) is 11.9 Å². The van der Waals surface area contributed by atoms with Crippen LogP contribution < -0.4 is 15.4 Å². The highest BCUT2D eigenvalue weighted by molar-refractivity contribution is 5.79. The Morgan fingerprint density at radius 1 is 1.15 bits per heavy atom. The molecule has 6 nitrogen and oxygen atoms in total. The second kappa shape index (κ2) is 14.4. The van der Waals surface area contributed by atoms with Crippen LogP contribution in [0.15, 0.2) is 29.3 Å². The van der Waals surface area contributed by atoms with E-state index in [1.54, 1.807) is 7.11 Å². The minimum absolute atomic E-state index is 0.0152. The largest absolute Gasteiger partial charge is 0.489 e. The predicted molar refractivity (Wildman–Crippen MR) is 107 cm³/mol. The van der Waals surface area contributed by atoms with Gasteiger partial charge in [-0.3, -0.25) is 0 Å². The highest BCUT2D eigenvalue weighted by Crippen LogP contribution is 2.14. The normalized spacial score (nSPS) is 12.7. The number of nitrogens with one attached hydrogen (secondary N) is 2. The molecule has 0 aliphatic rings. The average molecular weight is 366 g/mol. The summed E-state index contributed by atoms with van der Waals surface area (Å²) >= 11 is 0. The summed E-state index contributed by atoms with van der Waals surface area (Å²) in [5.41, 5.74) is 1.19. The number of hydrogen-bond donors (Lipinski definition) is 2. The Balaban J connectivity index is 2.26. The lowest BCUT2D eigenvalue weighted by Crippen LogP contribution is -2.38. The summed E-state index contributed by atoms with van der Waals surface area (Å²) in [5.74, 6) is 1.71. The molecule has 6 heteroatoms. The second-order valence-corrected chi connectivity index (χ2v) is 6.20. The van der Waals surface area contributed by atoms with Crippen molar-refractivity contribution in [2.24, 2.45) is 4.99 Å². The molecule has 0 saturated carbocycles. The van der Waals surface area contributed by atoms with Crippen molar-refractivity contribution in [3.05, 3.63) is 29.8 Å². The first-order valence-electron chi connectivity index (χ1n) is 9.48. The number of aryl methyl sites for hydroxylation is 1. The molecule has 0 aliphatic heterocycles. The van der Waals surface area contributed by atoms with Crippen molar-refractivity contribution in [1.82, 2.24) is 10.6 Å². The molecule has 1 atom stereocenters. The fourth-order valence-electron chi connectivity index (χ4n) is 2.30. The molecule has 26 heavy (non-hydrogen) atoms. The molecular formula is C20H35N3O3. The lowest BCUT2D eigenvalue weighted by atomic mass is 10.2. The summed E-state index contributed by atoms with van der Waals surface area (Å²) in [6, 6.07) is 8.08. The Kier molecular flexibility index (Phi) is 12.3. The molecule has 0 spiro atoms. The summed E-state index contributed by atoms with van der Waals surface area (Å²) in [6.07, 6.45) is 2.07. The first-order chi connectivity index (χ1) is 12.7. The van der Waals surface area contributed by atoms with Crippen LogP contribution in [0.1, 0.15) is 32.3 Å². The van der Waals surface area contributed by atoms with Crippen molar-refractivity contribution < 1.29 is 14.2 Å². The van der Waals surface area contributed by atoms with E-state index in [4.69, 9.17) is 14.2 Å². The Hall–Kier alpha value is -1.79. The molecule has 0 saturated heterocycles. The predicted octanol–water partition coefficient (Wildman–Crippen LogP) is 2.76. The molecule has 1 aromatic carbocycles. The van der Waals surface area contributed by atoms with Crippen LogP contribution in [0.2, 0.25) is 0 Å². The third kappa shape index (κ3) is 10.9. The number of guanidine groups is 1. The highest BCUT2D eigenvalue weighted by Gasteiger charge is 2.05. The van der Waals surface area contributed by atoms with Crippen molar-refractivity contribution in [1.29, 1.82) is 0 Å². The zero-order valence-corrected chi connectivity index (χ0v) is 16.7. The van der Waals surface area contributed by atoms with E-state index in [-0.39, 0.29) is 6.10 Å². The Labute approximate surface area is 158 Å². The molecular weight excluding hydrogens is 330 g/mol. The molecule has 0 aliphatic carbocycles. The van der Waals surface area contributed by atoms with Gasteiger partial charge in [-0.25, -0.2) is 4.99 Å². The van der Waals surface area contributed by atoms with Gasteiger partial charge >= 0.3 is 0 Å². The number of benzene rings is 1. The molecule has 0 heterocycles. The van der Waals surface area contributed by atoms with Crippen molar-refractivity contribution >= 4 is 5.96 Å². The van der Waals surface area contributed by atoms with Crippen molar-refractivity contribution in [3.8, 4) is 5.75 Å². The summed E-state index contributed by atoms with van der Waals surface area (Å²) in [5, 5.41) is 6.62. The summed E-state index contributed by atoms with van der Waals surface area (Å²) in [4.78, 5) is 4.61. The van der Waals surface area contributed by atoms with Gasteiger partial charge in [0.2, 0.25) is 0 Å². The van der Waals surface area contributed by atoms with Crippen LogP contribution >= 0.6 is 0 Å². The van der Waals surface area contributed by atoms with Gasteiger partial charge in [-0.2, -0.15) is 0 Å². The number of aliphatic imine (C=N–C) groups is 1. The Morgan fingerprint density at radius 3 is 2.73 bits per heavy atom. The smallest absolute Gasteiger partial charge is 0.191 e. The van der Waals surface area contributed by atoms with E-state index in [9.17, 15) is 0 Å². The van der Waals surface area contributed by atoms with Gasteiger partial charge in [0, 0.05) is 26.8 Å². The zero-order valence-electron chi connectivity index (χ0n) is 16.7. The molecule has 1 rings (SSSR count). The SMILES string of the molecule is CCNC(=NCC(C)Oc1cccc(C)c1)NCCCCOCCOC.